The average Bonchev–Trinajstić information content (AvgIpc) is 2.78. The van der Waals surface area contributed by atoms with Crippen LogP contribution in [-0.2, 0) is 11.2 Å². The molecule has 4 rings (SSSR count). The van der Waals surface area contributed by atoms with Crippen LogP contribution < -0.4 is 5.32 Å². The molecule has 0 spiro atoms. The topological polar surface area (TPSA) is 41.6 Å². The van der Waals surface area contributed by atoms with E-state index in [0.29, 0.717) is 28.7 Å². The fourth-order valence-corrected chi connectivity index (χ4v) is 5.00. The maximum atomic E-state index is 14.2. The minimum absolute atomic E-state index is 0.0411. The predicted octanol–water partition coefficient (Wildman–Crippen LogP) is 6.55. The molecule has 1 amide bonds. The first kappa shape index (κ1) is 26.4. The molecule has 1 heterocycles. The van der Waals surface area contributed by atoms with E-state index in [4.69, 9.17) is 27.9 Å². The molecule has 0 saturated carbocycles. The van der Waals surface area contributed by atoms with Gasteiger partial charge in [0.25, 0.3) is 0 Å². The third-order valence-electron chi connectivity index (χ3n) is 6.58. The molecule has 8 heteroatoms. The minimum atomic E-state index is -0.648. The molecule has 0 radical (unpaired) electrons. The van der Waals surface area contributed by atoms with E-state index in [9.17, 15) is 13.6 Å². The van der Waals surface area contributed by atoms with Gasteiger partial charge in [-0.25, -0.2) is 13.6 Å². The van der Waals surface area contributed by atoms with E-state index < -0.39 is 23.8 Å². The van der Waals surface area contributed by atoms with Crippen LogP contribution in [0.2, 0.25) is 10.0 Å². The van der Waals surface area contributed by atoms with Crippen molar-refractivity contribution in [1.82, 2.24) is 10.2 Å². The average molecular weight is 533 g/mol. The number of hydrogen-bond acceptors (Lipinski definition) is 3. The van der Waals surface area contributed by atoms with Gasteiger partial charge in [-0.3, -0.25) is 0 Å². The number of hydrogen-bond donors (Lipinski definition) is 1. The molecule has 1 aliphatic heterocycles. The molecule has 36 heavy (non-hydrogen) atoms. The first-order chi connectivity index (χ1) is 17.2. The van der Waals surface area contributed by atoms with Crippen LogP contribution in [-0.4, -0.2) is 44.3 Å². The van der Waals surface area contributed by atoms with Gasteiger partial charge in [0.05, 0.1) is 0 Å². The molecule has 0 bridgehead atoms. The van der Waals surface area contributed by atoms with Crippen molar-refractivity contribution in [3.8, 4) is 0 Å². The number of nitrogens with one attached hydrogen (secondary N) is 1. The summed E-state index contributed by atoms with van der Waals surface area (Å²) in [7, 11) is 3.26. The SMILES string of the molecule is CN(C)C(=O)OC(C1CNC1)C(Cc1cc(F)cc(F)c1)C(c1ccc(Cl)cc1)c1ccc(Cl)cc1. The highest BCUT2D eigenvalue weighted by atomic mass is 35.5. The lowest BCUT2D eigenvalue weighted by Gasteiger charge is -2.42. The molecule has 3 aromatic carbocycles. The van der Waals surface area contributed by atoms with Crippen LogP contribution in [0.25, 0.3) is 0 Å². The van der Waals surface area contributed by atoms with Crippen LogP contribution in [0.5, 0.6) is 0 Å². The molecule has 0 aliphatic carbocycles. The maximum Gasteiger partial charge on any atom is 0.409 e. The second-order valence-corrected chi connectivity index (χ2v) is 10.3. The lowest BCUT2D eigenvalue weighted by Crippen LogP contribution is -2.54. The smallest absolute Gasteiger partial charge is 0.409 e. The van der Waals surface area contributed by atoms with Gasteiger partial charge in [0.15, 0.2) is 0 Å². The van der Waals surface area contributed by atoms with Gasteiger partial charge in [0.1, 0.15) is 17.7 Å². The Labute approximate surface area is 220 Å². The summed E-state index contributed by atoms with van der Waals surface area (Å²) in [5, 5.41) is 4.44. The molecular formula is C28H28Cl2F2N2O2. The summed E-state index contributed by atoms with van der Waals surface area (Å²) in [4.78, 5) is 14.2. The number of ether oxygens (including phenoxy) is 1. The Bertz CT molecular complexity index is 1120. The lowest BCUT2D eigenvalue weighted by molar-refractivity contribution is -0.0111. The van der Waals surface area contributed by atoms with Gasteiger partial charge in [-0.15, -0.1) is 0 Å². The second kappa shape index (κ2) is 11.6. The molecule has 4 nitrogen and oxygen atoms in total. The number of carbonyl (C=O) groups excluding carboxylic acids is 1. The Morgan fingerprint density at radius 3 is 1.86 bits per heavy atom. The summed E-state index contributed by atoms with van der Waals surface area (Å²) in [6, 6.07) is 18.5. The van der Waals surface area contributed by atoms with Gasteiger partial charge < -0.3 is 15.0 Å². The van der Waals surface area contributed by atoms with Gasteiger partial charge in [0, 0.05) is 61.1 Å². The molecular weight excluding hydrogens is 505 g/mol. The van der Waals surface area contributed by atoms with E-state index >= 15 is 0 Å². The van der Waals surface area contributed by atoms with Crippen molar-refractivity contribution in [2.75, 3.05) is 27.2 Å². The number of amides is 1. The van der Waals surface area contributed by atoms with Crippen molar-refractivity contribution in [2.45, 2.75) is 18.4 Å². The van der Waals surface area contributed by atoms with Crippen molar-refractivity contribution in [2.24, 2.45) is 11.8 Å². The number of nitrogens with zero attached hydrogens (tertiary/aromatic N) is 1. The Morgan fingerprint density at radius 2 is 1.44 bits per heavy atom. The normalized spacial score (nSPS) is 15.3. The molecule has 2 unspecified atom stereocenters. The van der Waals surface area contributed by atoms with E-state index in [1.807, 2.05) is 48.5 Å². The highest BCUT2D eigenvalue weighted by Crippen LogP contribution is 2.41. The summed E-state index contributed by atoms with van der Waals surface area (Å²) >= 11 is 12.4. The van der Waals surface area contributed by atoms with Crippen LogP contribution in [0.3, 0.4) is 0 Å². The lowest BCUT2D eigenvalue weighted by atomic mass is 9.71. The van der Waals surface area contributed by atoms with Crippen LogP contribution >= 0.6 is 23.2 Å². The number of carbonyl (C=O) groups is 1. The highest BCUT2D eigenvalue weighted by molar-refractivity contribution is 6.30. The summed E-state index contributed by atoms with van der Waals surface area (Å²) in [5.74, 6) is -1.87. The van der Waals surface area contributed by atoms with E-state index in [-0.39, 0.29) is 24.2 Å². The fraction of sp³-hybridized carbons (Fsp3) is 0.321. The zero-order chi connectivity index (χ0) is 25.8. The summed E-state index contributed by atoms with van der Waals surface area (Å²) in [6.45, 7) is 1.35. The summed E-state index contributed by atoms with van der Waals surface area (Å²) in [6.07, 6.45) is -0.705. The van der Waals surface area contributed by atoms with Crippen molar-refractivity contribution in [1.29, 1.82) is 0 Å². The van der Waals surface area contributed by atoms with Crippen LogP contribution in [0, 0.1) is 23.5 Å². The number of rotatable bonds is 8. The molecule has 0 aromatic heterocycles. The second-order valence-electron chi connectivity index (χ2n) is 9.39. The van der Waals surface area contributed by atoms with E-state index in [1.54, 1.807) is 14.1 Å². The third-order valence-corrected chi connectivity index (χ3v) is 7.09. The number of benzene rings is 3. The Hall–Kier alpha value is -2.67. The van der Waals surface area contributed by atoms with Crippen molar-refractivity contribution in [3.63, 3.8) is 0 Å². The third kappa shape index (κ3) is 6.36. The molecule has 1 aliphatic rings. The van der Waals surface area contributed by atoms with E-state index in [1.165, 1.54) is 17.0 Å². The maximum absolute atomic E-state index is 14.2. The standard InChI is InChI=1S/C28H28Cl2F2N2O2/c1-34(2)28(35)36-27(20-15-33-16-20)25(13-17-11-23(31)14-24(32)12-17)26(18-3-7-21(29)8-4-18)19-5-9-22(30)10-6-19/h3-12,14,20,25-27,33H,13,15-16H2,1-2H3. The van der Waals surface area contributed by atoms with Crippen molar-refractivity contribution >= 4 is 29.3 Å². The molecule has 190 valence electrons. The Balaban J connectivity index is 1.86. The molecule has 1 saturated heterocycles. The minimum Gasteiger partial charge on any atom is -0.445 e. The highest BCUT2D eigenvalue weighted by Gasteiger charge is 2.41. The first-order valence-corrected chi connectivity index (χ1v) is 12.5. The molecule has 2 atom stereocenters. The zero-order valence-corrected chi connectivity index (χ0v) is 21.6. The Kier molecular flexibility index (Phi) is 8.50. The monoisotopic (exact) mass is 532 g/mol. The van der Waals surface area contributed by atoms with Gasteiger partial charge in [-0.05, 0) is 59.5 Å². The first-order valence-electron chi connectivity index (χ1n) is 11.8. The predicted molar refractivity (Wildman–Crippen MR) is 139 cm³/mol. The zero-order valence-electron chi connectivity index (χ0n) is 20.1. The Morgan fingerprint density at radius 1 is 0.944 bits per heavy atom. The molecule has 1 N–H and O–H groups in total. The van der Waals surface area contributed by atoms with Gasteiger partial charge >= 0.3 is 6.09 Å². The van der Waals surface area contributed by atoms with Crippen LogP contribution in [0.4, 0.5) is 13.6 Å². The van der Waals surface area contributed by atoms with Crippen molar-refractivity contribution < 1.29 is 18.3 Å². The fourth-order valence-electron chi connectivity index (χ4n) is 4.75. The summed E-state index contributed by atoms with van der Waals surface area (Å²) < 4.78 is 34.5. The van der Waals surface area contributed by atoms with Gasteiger partial charge in [0.2, 0.25) is 0 Å². The van der Waals surface area contributed by atoms with Gasteiger partial charge in [-0.2, -0.15) is 0 Å². The number of halogens is 4. The van der Waals surface area contributed by atoms with Crippen LogP contribution in [0.1, 0.15) is 22.6 Å². The van der Waals surface area contributed by atoms with Gasteiger partial charge in [-0.1, -0.05) is 47.5 Å². The van der Waals surface area contributed by atoms with E-state index in [2.05, 4.69) is 5.32 Å². The largest absolute Gasteiger partial charge is 0.445 e. The van der Waals surface area contributed by atoms with Crippen LogP contribution in [0.15, 0.2) is 66.7 Å². The quantitative estimate of drug-likeness (QED) is 0.357. The molecule has 3 aromatic rings. The van der Waals surface area contributed by atoms with Crippen molar-refractivity contribution in [3.05, 3.63) is 105 Å². The van der Waals surface area contributed by atoms with E-state index in [0.717, 1.165) is 17.2 Å². The molecule has 1 fully saturated rings. The summed E-state index contributed by atoms with van der Waals surface area (Å²) in [5.41, 5.74) is 2.38.